The van der Waals surface area contributed by atoms with Gasteiger partial charge in [-0.05, 0) is 63.8 Å². The van der Waals surface area contributed by atoms with Gasteiger partial charge in [-0.3, -0.25) is 4.79 Å². The Balaban J connectivity index is 1.35. The van der Waals surface area contributed by atoms with Gasteiger partial charge < -0.3 is 10.2 Å². The van der Waals surface area contributed by atoms with Crippen LogP contribution < -0.4 is 5.32 Å². The number of aryl methyl sites for hydroxylation is 2. The average Bonchev–Trinajstić information content (AvgIpc) is 3.27. The fourth-order valence-electron chi connectivity index (χ4n) is 4.60. The maximum absolute atomic E-state index is 12.5. The van der Waals surface area contributed by atoms with E-state index in [9.17, 15) is 4.79 Å². The molecule has 3 aromatic rings. The highest BCUT2D eigenvalue weighted by Crippen LogP contribution is 2.25. The molecule has 1 aliphatic rings. The molecule has 0 saturated carbocycles. The Morgan fingerprint density at radius 3 is 2.64 bits per heavy atom. The zero-order valence-corrected chi connectivity index (χ0v) is 20.0. The van der Waals surface area contributed by atoms with Gasteiger partial charge in [-0.15, -0.1) is 0 Å². The number of nitrogens with one attached hydrogen (secondary N) is 1. The van der Waals surface area contributed by atoms with Gasteiger partial charge in [0.1, 0.15) is 0 Å². The molecule has 1 atom stereocenters. The first-order valence-corrected chi connectivity index (χ1v) is 12.3. The zero-order chi connectivity index (χ0) is 23.0. The van der Waals surface area contributed by atoms with E-state index in [0.717, 1.165) is 42.0 Å². The van der Waals surface area contributed by atoms with E-state index in [2.05, 4.69) is 54.5 Å². The molecule has 5 heteroatoms. The van der Waals surface area contributed by atoms with Gasteiger partial charge in [0.2, 0.25) is 5.91 Å². The van der Waals surface area contributed by atoms with Crippen LogP contribution in [0.5, 0.6) is 0 Å². The first kappa shape index (κ1) is 23.2. The Kier molecular flexibility index (Phi) is 7.95. The lowest BCUT2D eigenvalue weighted by Crippen LogP contribution is -2.39. The number of benzene rings is 2. The van der Waals surface area contributed by atoms with Gasteiger partial charge in [-0.1, -0.05) is 54.4 Å². The number of rotatable bonds is 9. The molecule has 2 heterocycles. The molecule has 5 nitrogen and oxygen atoms in total. The summed E-state index contributed by atoms with van der Waals surface area (Å²) in [5, 5.41) is 7.99. The van der Waals surface area contributed by atoms with Crippen LogP contribution in [0.15, 0.2) is 60.8 Å². The fraction of sp³-hybridized carbons (Fsp3) is 0.429. The highest BCUT2D eigenvalue weighted by Gasteiger charge is 2.17. The van der Waals surface area contributed by atoms with Crippen LogP contribution in [0.25, 0.3) is 16.9 Å². The highest BCUT2D eigenvalue weighted by atomic mass is 16.1. The number of nitrogens with zero attached hydrogens (tertiary/aromatic N) is 3. The van der Waals surface area contributed by atoms with Crippen LogP contribution in [0.1, 0.15) is 50.2 Å². The summed E-state index contributed by atoms with van der Waals surface area (Å²) in [5.41, 5.74) is 5.38. The van der Waals surface area contributed by atoms with Crippen molar-refractivity contribution in [1.82, 2.24) is 20.0 Å². The topological polar surface area (TPSA) is 50.2 Å². The quantitative estimate of drug-likeness (QED) is 0.464. The van der Waals surface area contributed by atoms with Gasteiger partial charge in [0.15, 0.2) is 0 Å². The second kappa shape index (κ2) is 11.3. The summed E-state index contributed by atoms with van der Waals surface area (Å²) in [6.07, 6.45) is 8.17. The molecule has 1 N–H and O–H groups in total. The molecular weight excluding hydrogens is 408 g/mol. The van der Waals surface area contributed by atoms with Crippen LogP contribution in [-0.2, 0) is 11.2 Å². The Morgan fingerprint density at radius 1 is 1.09 bits per heavy atom. The maximum Gasteiger partial charge on any atom is 0.220 e. The molecule has 33 heavy (non-hydrogen) atoms. The Morgan fingerprint density at radius 2 is 1.88 bits per heavy atom. The lowest BCUT2D eigenvalue weighted by molar-refractivity contribution is -0.121. The molecule has 4 rings (SSSR count). The molecule has 1 aliphatic heterocycles. The largest absolute Gasteiger partial charge is 0.356 e. The molecule has 1 fully saturated rings. The van der Waals surface area contributed by atoms with E-state index in [1.54, 1.807) is 0 Å². The van der Waals surface area contributed by atoms with E-state index >= 15 is 0 Å². The fourth-order valence-corrected chi connectivity index (χ4v) is 4.60. The minimum absolute atomic E-state index is 0.115. The van der Waals surface area contributed by atoms with Crippen molar-refractivity contribution in [2.45, 2.75) is 58.4 Å². The van der Waals surface area contributed by atoms with E-state index in [4.69, 9.17) is 5.10 Å². The Bertz CT molecular complexity index is 1030. The number of carbonyl (C=O) groups excluding carboxylic acids is 1. The highest BCUT2D eigenvalue weighted by molar-refractivity contribution is 5.76. The molecule has 174 valence electrons. The van der Waals surface area contributed by atoms with Gasteiger partial charge in [0, 0.05) is 37.3 Å². The summed E-state index contributed by atoms with van der Waals surface area (Å²) in [7, 11) is 0. The summed E-state index contributed by atoms with van der Waals surface area (Å²) in [6, 6.07) is 19.2. The number of hydrogen-bond acceptors (Lipinski definition) is 3. The van der Waals surface area contributed by atoms with Crippen LogP contribution in [0.2, 0.25) is 0 Å². The van der Waals surface area contributed by atoms with Gasteiger partial charge in [0.25, 0.3) is 0 Å². The van der Waals surface area contributed by atoms with E-state index in [1.165, 1.54) is 31.4 Å². The number of likely N-dealkylation sites (tertiary alicyclic amines) is 1. The molecule has 0 aliphatic carbocycles. The van der Waals surface area contributed by atoms with Crippen molar-refractivity contribution in [3.05, 3.63) is 71.9 Å². The van der Waals surface area contributed by atoms with E-state index in [-0.39, 0.29) is 5.91 Å². The van der Waals surface area contributed by atoms with Crippen molar-refractivity contribution >= 4 is 5.91 Å². The number of para-hydroxylation sites is 1. The maximum atomic E-state index is 12.5. The van der Waals surface area contributed by atoms with Gasteiger partial charge in [-0.2, -0.15) is 5.10 Å². The lowest BCUT2D eigenvalue weighted by atomic mass is 10.0. The number of piperidine rings is 1. The second-order valence-corrected chi connectivity index (χ2v) is 9.23. The van der Waals surface area contributed by atoms with Crippen LogP contribution in [0.4, 0.5) is 0 Å². The number of amides is 1. The Hall–Kier alpha value is -2.92. The van der Waals surface area contributed by atoms with Crippen molar-refractivity contribution in [1.29, 1.82) is 0 Å². The van der Waals surface area contributed by atoms with Crippen molar-refractivity contribution in [2.24, 2.45) is 0 Å². The summed E-state index contributed by atoms with van der Waals surface area (Å²) >= 11 is 0. The standard InChI is InChI=1S/C28H36N4O/c1-22-12-14-24(15-13-22)28-25(21-32(30-28)26-10-4-3-5-11-26)16-17-27(33)29-18-8-20-31-19-7-6-9-23(31)2/h3-5,10-15,21,23H,6-9,16-20H2,1-2H3,(H,29,33)/t23-/m1/s1. The van der Waals surface area contributed by atoms with Crippen molar-refractivity contribution in [2.75, 3.05) is 19.6 Å². The monoisotopic (exact) mass is 444 g/mol. The minimum atomic E-state index is 0.115. The molecule has 0 bridgehead atoms. The summed E-state index contributed by atoms with van der Waals surface area (Å²) < 4.78 is 1.92. The smallest absolute Gasteiger partial charge is 0.220 e. The first-order valence-electron chi connectivity index (χ1n) is 12.3. The molecule has 0 spiro atoms. The summed E-state index contributed by atoms with van der Waals surface area (Å²) in [4.78, 5) is 15.1. The molecule has 1 saturated heterocycles. The molecule has 0 radical (unpaired) electrons. The van der Waals surface area contributed by atoms with Crippen LogP contribution >= 0.6 is 0 Å². The van der Waals surface area contributed by atoms with Gasteiger partial charge >= 0.3 is 0 Å². The molecule has 1 aromatic heterocycles. The molecule has 1 amide bonds. The molecule has 2 aromatic carbocycles. The average molecular weight is 445 g/mol. The summed E-state index contributed by atoms with van der Waals surface area (Å²) in [6.45, 7) is 7.42. The summed E-state index contributed by atoms with van der Waals surface area (Å²) in [5.74, 6) is 0.115. The van der Waals surface area contributed by atoms with Gasteiger partial charge in [0.05, 0.1) is 11.4 Å². The van der Waals surface area contributed by atoms with E-state index in [1.807, 2.05) is 35.0 Å². The van der Waals surface area contributed by atoms with Crippen molar-refractivity contribution in [3.63, 3.8) is 0 Å². The normalized spacial score (nSPS) is 16.6. The molecule has 0 unspecified atom stereocenters. The third kappa shape index (κ3) is 6.32. The third-order valence-electron chi connectivity index (χ3n) is 6.64. The number of carbonyl (C=O) groups is 1. The SMILES string of the molecule is Cc1ccc(-c2nn(-c3ccccc3)cc2CCC(=O)NCCCN2CCCC[C@H]2C)cc1. The van der Waals surface area contributed by atoms with Gasteiger partial charge in [-0.25, -0.2) is 4.68 Å². The second-order valence-electron chi connectivity index (χ2n) is 9.23. The number of aromatic nitrogens is 2. The van der Waals surface area contributed by atoms with E-state index < -0.39 is 0 Å². The van der Waals surface area contributed by atoms with Crippen LogP contribution in [0, 0.1) is 6.92 Å². The minimum Gasteiger partial charge on any atom is -0.356 e. The lowest BCUT2D eigenvalue weighted by Gasteiger charge is -2.33. The predicted molar refractivity (Wildman–Crippen MR) is 135 cm³/mol. The van der Waals surface area contributed by atoms with E-state index in [0.29, 0.717) is 18.9 Å². The zero-order valence-electron chi connectivity index (χ0n) is 20.0. The number of hydrogen-bond donors (Lipinski definition) is 1. The third-order valence-corrected chi connectivity index (χ3v) is 6.64. The Labute approximate surface area is 197 Å². The van der Waals surface area contributed by atoms with Crippen molar-refractivity contribution < 1.29 is 4.79 Å². The van der Waals surface area contributed by atoms with Crippen LogP contribution in [0.3, 0.4) is 0 Å². The predicted octanol–water partition coefficient (Wildman–Crippen LogP) is 5.16. The molecular formula is C28H36N4O. The van der Waals surface area contributed by atoms with Crippen molar-refractivity contribution in [3.8, 4) is 16.9 Å². The van der Waals surface area contributed by atoms with Crippen LogP contribution in [-0.4, -0.2) is 46.3 Å². The first-order chi connectivity index (χ1) is 16.1.